The second kappa shape index (κ2) is 8.94. The predicted octanol–water partition coefficient (Wildman–Crippen LogP) is 3.09. The van der Waals surface area contributed by atoms with Gasteiger partial charge >= 0.3 is 11.9 Å². The molecule has 0 heterocycles. The zero-order valence-electron chi connectivity index (χ0n) is 12.2. The first-order valence-corrected chi connectivity index (χ1v) is 7.52. The summed E-state index contributed by atoms with van der Waals surface area (Å²) in [5, 5.41) is 0. The van der Waals surface area contributed by atoms with Gasteiger partial charge in [0.05, 0.1) is 13.2 Å². The lowest BCUT2D eigenvalue weighted by Gasteiger charge is -2.23. The Bertz CT molecular complexity index is 264. The van der Waals surface area contributed by atoms with Gasteiger partial charge < -0.3 is 9.47 Å². The third-order valence-corrected chi connectivity index (χ3v) is 3.73. The highest BCUT2D eigenvalue weighted by atomic mass is 16.6. The molecule has 110 valence electrons. The van der Waals surface area contributed by atoms with Gasteiger partial charge in [0.15, 0.2) is 5.92 Å². The molecule has 0 bridgehead atoms. The predicted molar refractivity (Wildman–Crippen MR) is 72.6 cm³/mol. The molecule has 0 atom stereocenters. The van der Waals surface area contributed by atoms with Crippen LogP contribution in [0.3, 0.4) is 0 Å². The molecule has 0 N–H and O–H groups in total. The van der Waals surface area contributed by atoms with E-state index in [4.69, 9.17) is 9.47 Å². The summed E-state index contributed by atoms with van der Waals surface area (Å²) in [4.78, 5) is 23.6. The molecule has 1 saturated carbocycles. The summed E-state index contributed by atoms with van der Waals surface area (Å²) in [6.07, 6.45) is 7.78. The van der Waals surface area contributed by atoms with Crippen molar-refractivity contribution < 1.29 is 19.1 Å². The van der Waals surface area contributed by atoms with Crippen molar-refractivity contribution in [1.82, 2.24) is 0 Å². The normalized spacial score (nSPS) is 16.4. The largest absolute Gasteiger partial charge is 0.465 e. The maximum atomic E-state index is 11.8. The molecule has 0 spiro atoms. The van der Waals surface area contributed by atoms with Gasteiger partial charge in [-0.25, -0.2) is 0 Å². The lowest BCUT2D eigenvalue weighted by Crippen LogP contribution is -2.28. The van der Waals surface area contributed by atoms with Crippen molar-refractivity contribution in [2.45, 2.75) is 58.8 Å². The minimum atomic E-state index is -0.734. The van der Waals surface area contributed by atoms with Gasteiger partial charge in [-0.3, -0.25) is 9.59 Å². The van der Waals surface area contributed by atoms with Gasteiger partial charge in [0.1, 0.15) is 0 Å². The maximum absolute atomic E-state index is 11.8. The summed E-state index contributed by atoms with van der Waals surface area (Å²) in [6.45, 7) is 4.11. The Kier molecular flexibility index (Phi) is 7.53. The Morgan fingerprint density at radius 2 is 1.53 bits per heavy atom. The van der Waals surface area contributed by atoms with E-state index in [-0.39, 0.29) is 0 Å². The molecule has 0 aromatic carbocycles. The van der Waals surface area contributed by atoms with E-state index in [2.05, 4.69) is 0 Å². The molecular weight excluding hydrogens is 244 g/mol. The zero-order valence-corrected chi connectivity index (χ0v) is 12.2. The molecule has 4 nitrogen and oxygen atoms in total. The number of carbonyl (C=O) groups excluding carboxylic acids is 2. The number of ether oxygens (including phenoxy) is 2. The molecule has 0 saturated heterocycles. The minimum absolute atomic E-state index is 0.304. The van der Waals surface area contributed by atoms with Crippen molar-refractivity contribution in [3.8, 4) is 0 Å². The molecule has 0 radical (unpaired) electrons. The van der Waals surface area contributed by atoms with Crippen LogP contribution in [0.15, 0.2) is 0 Å². The van der Waals surface area contributed by atoms with Crippen molar-refractivity contribution in [2.24, 2.45) is 11.8 Å². The summed E-state index contributed by atoms with van der Waals surface area (Å²) in [5.41, 5.74) is 0. The van der Waals surface area contributed by atoms with E-state index in [1.54, 1.807) is 13.8 Å². The van der Waals surface area contributed by atoms with Crippen molar-refractivity contribution in [1.29, 1.82) is 0 Å². The van der Waals surface area contributed by atoms with Crippen molar-refractivity contribution in [3.05, 3.63) is 0 Å². The average Bonchev–Trinajstić information content (AvgIpc) is 2.41. The summed E-state index contributed by atoms with van der Waals surface area (Å²) in [6, 6.07) is 0. The number of hydrogen-bond acceptors (Lipinski definition) is 4. The highest BCUT2D eigenvalue weighted by Crippen LogP contribution is 2.29. The molecule has 0 aromatic heterocycles. The molecule has 4 heteroatoms. The van der Waals surface area contributed by atoms with Crippen LogP contribution < -0.4 is 0 Å². The van der Waals surface area contributed by atoms with Gasteiger partial charge in [-0.1, -0.05) is 32.1 Å². The standard InChI is InChI=1S/C15H26O4/c1-3-18-14(16)13(15(17)19-4-2)11-10-12-8-6-5-7-9-12/h12-13H,3-11H2,1-2H3. The van der Waals surface area contributed by atoms with Gasteiger partial charge in [0.2, 0.25) is 0 Å². The molecule has 1 aliphatic rings. The highest BCUT2D eigenvalue weighted by molar-refractivity contribution is 5.94. The van der Waals surface area contributed by atoms with Crippen LogP contribution in [0, 0.1) is 11.8 Å². The summed E-state index contributed by atoms with van der Waals surface area (Å²) in [7, 11) is 0. The van der Waals surface area contributed by atoms with E-state index >= 15 is 0 Å². The van der Waals surface area contributed by atoms with Gasteiger partial charge in [0.25, 0.3) is 0 Å². The second-order valence-electron chi connectivity index (χ2n) is 5.14. The van der Waals surface area contributed by atoms with Crippen molar-refractivity contribution in [3.63, 3.8) is 0 Å². The number of rotatable bonds is 7. The first-order valence-electron chi connectivity index (χ1n) is 7.52. The molecule has 1 rings (SSSR count). The molecule has 0 aliphatic heterocycles. The average molecular weight is 270 g/mol. The van der Waals surface area contributed by atoms with Crippen LogP contribution in [-0.4, -0.2) is 25.2 Å². The Balaban J connectivity index is 2.47. The fourth-order valence-corrected chi connectivity index (χ4v) is 2.70. The fraction of sp³-hybridized carbons (Fsp3) is 0.867. The lowest BCUT2D eigenvalue weighted by atomic mass is 9.84. The monoisotopic (exact) mass is 270 g/mol. The Morgan fingerprint density at radius 3 is 2.00 bits per heavy atom. The molecule has 1 aliphatic carbocycles. The Morgan fingerprint density at radius 1 is 1.00 bits per heavy atom. The molecule has 0 aromatic rings. The molecular formula is C15H26O4. The van der Waals surface area contributed by atoms with E-state index in [9.17, 15) is 9.59 Å². The van der Waals surface area contributed by atoms with Crippen LogP contribution in [0.25, 0.3) is 0 Å². The highest BCUT2D eigenvalue weighted by Gasteiger charge is 2.30. The molecule has 0 unspecified atom stereocenters. The van der Waals surface area contributed by atoms with Crippen LogP contribution in [-0.2, 0) is 19.1 Å². The Labute approximate surface area is 115 Å². The summed E-state index contributed by atoms with van der Waals surface area (Å²) < 4.78 is 9.94. The van der Waals surface area contributed by atoms with E-state index in [1.165, 1.54) is 32.1 Å². The zero-order chi connectivity index (χ0) is 14.1. The Hall–Kier alpha value is -1.06. The third kappa shape index (κ3) is 5.62. The topological polar surface area (TPSA) is 52.6 Å². The molecule has 0 amide bonds. The minimum Gasteiger partial charge on any atom is -0.465 e. The van der Waals surface area contributed by atoms with E-state index in [0.29, 0.717) is 25.6 Å². The van der Waals surface area contributed by atoms with E-state index in [1.807, 2.05) is 0 Å². The summed E-state index contributed by atoms with van der Waals surface area (Å²) >= 11 is 0. The smallest absolute Gasteiger partial charge is 0.320 e. The lowest BCUT2D eigenvalue weighted by molar-refractivity contribution is -0.162. The van der Waals surface area contributed by atoms with Crippen molar-refractivity contribution >= 4 is 11.9 Å². The van der Waals surface area contributed by atoms with Crippen LogP contribution >= 0.6 is 0 Å². The van der Waals surface area contributed by atoms with Crippen molar-refractivity contribution in [2.75, 3.05) is 13.2 Å². The van der Waals surface area contributed by atoms with E-state index in [0.717, 1.165) is 6.42 Å². The number of hydrogen-bond donors (Lipinski definition) is 0. The maximum Gasteiger partial charge on any atom is 0.320 e. The fourth-order valence-electron chi connectivity index (χ4n) is 2.70. The van der Waals surface area contributed by atoms with Crippen LogP contribution in [0.1, 0.15) is 58.8 Å². The first kappa shape index (κ1) is 16.0. The number of esters is 2. The summed E-state index contributed by atoms with van der Waals surface area (Å²) in [5.74, 6) is -0.949. The molecule has 1 fully saturated rings. The SMILES string of the molecule is CCOC(=O)C(CCC1CCCCC1)C(=O)OCC. The van der Waals surface area contributed by atoms with Crippen LogP contribution in [0.5, 0.6) is 0 Å². The van der Waals surface area contributed by atoms with E-state index < -0.39 is 17.9 Å². The third-order valence-electron chi connectivity index (χ3n) is 3.73. The van der Waals surface area contributed by atoms with Gasteiger partial charge in [-0.15, -0.1) is 0 Å². The van der Waals surface area contributed by atoms with Gasteiger partial charge in [0, 0.05) is 0 Å². The van der Waals surface area contributed by atoms with Crippen LogP contribution in [0.2, 0.25) is 0 Å². The second-order valence-corrected chi connectivity index (χ2v) is 5.14. The van der Waals surface area contributed by atoms with Gasteiger partial charge in [-0.2, -0.15) is 0 Å². The van der Waals surface area contributed by atoms with Crippen LogP contribution in [0.4, 0.5) is 0 Å². The molecule has 19 heavy (non-hydrogen) atoms. The number of carbonyl (C=O) groups is 2. The quantitative estimate of drug-likeness (QED) is 0.527. The first-order chi connectivity index (χ1) is 9.19. The van der Waals surface area contributed by atoms with Gasteiger partial charge in [-0.05, 0) is 32.6 Å².